The van der Waals surface area contributed by atoms with Crippen molar-refractivity contribution >= 4 is 23.9 Å². The molecule has 1 fully saturated rings. The predicted molar refractivity (Wildman–Crippen MR) is 121 cm³/mol. The second-order valence-electron chi connectivity index (χ2n) is 8.60. The van der Waals surface area contributed by atoms with E-state index in [1.54, 1.807) is 0 Å². The van der Waals surface area contributed by atoms with Crippen LogP contribution in [0.25, 0.3) is 11.1 Å². The first-order chi connectivity index (χ1) is 16.4. The Bertz CT molecular complexity index is 1240. The Balaban J connectivity index is 1.24. The van der Waals surface area contributed by atoms with Gasteiger partial charge in [0.05, 0.1) is 0 Å². The second kappa shape index (κ2) is 8.29. The maximum Gasteiger partial charge on any atom is 0.414 e. The predicted octanol–water partition coefficient (Wildman–Crippen LogP) is 3.25. The van der Waals surface area contributed by atoms with Crippen molar-refractivity contribution in [2.75, 3.05) is 18.5 Å². The van der Waals surface area contributed by atoms with Crippen LogP contribution in [-0.4, -0.2) is 61.8 Å². The molecular weight excluding hydrogens is 438 g/mol. The molecule has 1 atom stereocenters. The molecule has 3 aromatic rings. The van der Waals surface area contributed by atoms with Gasteiger partial charge in [0.1, 0.15) is 12.1 Å². The van der Waals surface area contributed by atoms with Crippen molar-refractivity contribution in [2.24, 2.45) is 0 Å². The molecular formula is C24H23N5O5. The Kier molecular flexibility index (Phi) is 5.27. The Morgan fingerprint density at radius 3 is 2.44 bits per heavy atom. The van der Waals surface area contributed by atoms with Gasteiger partial charge < -0.3 is 14.7 Å². The number of carboxylic acid groups (broad SMARTS) is 1. The van der Waals surface area contributed by atoms with Gasteiger partial charge in [-0.15, -0.1) is 5.10 Å². The number of amides is 2. The number of aromatic nitrogens is 3. The number of aliphatic carboxylic acids is 1. The maximum absolute atomic E-state index is 12.8. The van der Waals surface area contributed by atoms with E-state index in [4.69, 9.17) is 4.74 Å². The van der Waals surface area contributed by atoms with Gasteiger partial charge in [-0.2, -0.15) is 4.98 Å². The number of fused-ring (bicyclic) bond motifs is 3. The van der Waals surface area contributed by atoms with Gasteiger partial charge in [-0.05, 0) is 42.0 Å². The summed E-state index contributed by atoms with van der Waals surface area (Å²) in [5.74, 6) is -2.03. The average Bonchev–Trinajstić information content (AvgIpc) is 3.54. The number of ether oxygens (including phenoxy) is 1. The summed E-state index contributed by atoms with van der Waals surface area (Å²) in [5.41, 5.74) is 3.13. The Labute approximate surface area is 195 Å². The lowest BCUT2D eigenvalue weighted by atomic mass is 9.98. The molecule has 2 heterocycles. The third kappa shape index (κ3) is 3.57. The summed E-state index contributed by atoms with van der Waals surface area (Å²) in [6.07, 6.45) is 0.178. The Morgan fingerprint density at radius 1 is 1.15 bits per heavy atom. The van der Waals surface area contributed by atoms with Gasteiger partial charge in [0.15, 0.2) is 0 Å². The molecule has 10 heteroatoms. The van der Waals surface area contributed by atoms with E-state index in [-0.39, 0.29) is 24.3 Å². The van der Waals surface area contributed by atoms with Crippen LogP contribution in [0, 0.1) is 0 Å². The van der Waals surface area contributed by atoms with Crippen LogP contribution in [0.3, 0.4) is 0 Å². The first kappa shape index (κ1) is 21.6. The van der Waals surface area contributed by atoms with E-state index >= 15 is 0 Å². The quantitative estimate of drug-likeness (QED) is 0.530. The van der Waals surface area contributed by atoms with Crippen LogP contribution >= 0.6 is 0 Å². The van der Waals surface area contributed by atoms with E-state index in [0.717, 1.165) is 22.3 Å². The SMILES string of the molecule is CC1(C(=O)O)CCCN1C(=O)c1nc(NC(=O)OCC2c3ccccc3-c3ccccc32)n[nH]1. The number of carbonyl (C=O) groups is 3. The molecule has 2 aromatic carbocycles. The maximum atomic E-state index is 12.8. The molecule has 5 rings (SSSR count). The van der Waals surface area contributed by atoms with Crippen molar-refractivity contribution in [3.05, 3.63) is 65.5 Å². The number of nitrogens with one attached hydrogen (secondary N) is 2. The summed E-state index contributed by atoms with van der Waals surface area (Å²) in [7, 11) is 0. The van der Waals surface area contributed by atoms with Gasteiger partial charge in [0.25, 0.3) is 11.9 Å². The van der Waals surface area contributed by atoms with E-state index in [0.29, 0.717) is 19.4 Å². The molecule has 34 heavy (non-hydrogen) atoms. The molecule has 3 N–H and O–H groups in total. The van der Waals surface area contributed by atoms with Crippen LogP contribution in [0.2, 0.25) is 0 Å². The molecule has 0 bridgehead atoms. The number of anilines is 1. The van der Waals surface area contributed by atoms with Crippen LogP contribution in [0.15, 0.2) is 48.5 Å². The number of rotatable bonds is 5. The fourth-order valence-electron chi connectivity index (χ4n) is 4.78. The highest BCUT2D eigenvalue weighted by Gasteiger charge is 2.46. The van der Waals surface area contributed by atoms with Crippen molar-refractivity contribution in [1.29, 1.82) is 0 Å². The second-order valence-corrected chi connectivity index (χ2v) is 8.60. The fraction of sp³-hybridized carbons (Fsp3) is 0.292. The number of likely N-dealkylation sites (tertiary alicyclic amines) is 1. The summed E-state index contributed by atoms with van der Waals surface area (Å²) in [5, 5.41) is 18.3. The third-order valence-electron chi connectivity index (χ3n) is 6.59. The molecule has 2 aliphatic rings. The number of carboxylic acids is 1. The summed E-state index contributed by atoms with van der Waals surface area (Å²) in [4.78, 5) is 42.1. The van der Waals surface area contributed by atoms with E-state index in [9.17, 15) is 19.5 Å². The lowest BCUT2D eigenvalue weighted by Gasteiger charge is -2.30. The van der Waals surface area contributed by atoms with Crippen molar-refractivity contribution in [1.82, 2.24) is 20.1 Å². The summed E-state index contributed by atoms with van der Waals surface area (Å²) in [6, 6.07) is 16.0. The fourth-order valence-corrected chi connectivity index (χ4v) is 4.78. The van der Waals surface area contributed by atoms with Gasteiger partial charge in [-0.25, -0.2) is 9.59 Å². The number of hydrogen-bond acceptors (Lipinski definition) is 6. The van der Waals surface area contributed by atoms with Crippen molar-refractivity contribution in [2.45, 2.75) is 31.2 Å². The number of nitrogens with zero attached hydrogens (tertiary/aromatic N) is 3. The number of aromatic amines is 1. The topological polar surface area (TPSA) is 138 Å². The first-order valence-electron chi connectivity index (χ1n) is 11.0. The standard InChI is InChI=1S/C24H23N5O5/c1-24(21(31)32)11-6-12-29(24)20(30)19-25-22(28-27-19)26-23(33)34-13-18-16-9-4-2-7-14(16)15-8-3-5-10-17(15)18/h2-5,7-10,18H,6,11-13H2,1H3,(H,31,32)(H2,25,26,27,28,33). The Hall–Kier alpha value is -4.21. The Morgan fingerprint density at radius 2 is 1.79 bits per heavy atom. The number of benzene rings is 2. The molecule has 1 aliphatic heterocycles. The molecule has 1 saturated heterocycles. The van der Waals surface area contributed by atoms with Crippen LogP contribution < -0.4 is 5.32 Å². The van der Waals surface area contributed by atoms with Gasteiger partial charge in [0.2, 0.25) is 5.82 Å². The van der Waals surface area contributed by atoms with E-state index in [2.05, 4.69) is 32.6 Å². The van der Waals surface area contributed by atoms with Crippen molar-refractivity contribution in [3.8, 4) is 11.1 Å². The first-order valence-corrected chi connectivity index (χ1v) is 11.0. The van der Waals surface area contributed by atoms with Crippen LogP contribution in [0.5, 0.6) is 0 Å². The van der Waals surface area contributed by atoms with Crippen molar-refractivity contribution < 1.29 is 24.2 Å². The zero-order chi connectivity index (χ0) is 23.9. The largest absolute Gasteiger partial charge is 0.480 e. The van der Waals surface area contributed by atoms with E-state index < -0.39 is 23.5 Å². The van der Waals surface area contributed by atoms with Crippen LogP contribution in [0.4, 0.5) is 10.7 Å². The van der Waals surface area contributed by atoms with Gasteiger partial charge in [-0.3, -0.25) is 15.2 Å². The minimum Gasteiger partial charge on any atom is -0.480 e. The third-order valence-corrected chi connectivity index (χ3v) is 6.59. The van der Waals surface area contributed by atoms with Gasteiger partial charge in [-0.1, -0.05) is 48.5 Å². The minimum atomic E-state index is -1.30. The molecule has 0 saturated carbocycles. The lowest BCUT2D eigenvalue weighted by Crippen LogP contribution is -2.51. The molecule has 1 unspecified atom stereocenters. The monoisotopic (exact) mass is 461 g/mol. The van der Waals surface area contributed by atoms with Crippen LogP contribution in [-0.2, 0) is 9.53 Å². The zero-order valence-electron chi connectivity index (χ0n) is 18.4. The molecule has 1 aliphatic carbocycles. The van der Waals surface area contributed by atoms with Gasteiger partial charge in [0, 0.05) is 12.5 Å². The van der Waals surface area contributed by atoms with Crippen molar-refractivity contribution in [3.63, 3.8) is 0 Å². The summed E-state index contributed by atoms with van der Waals surface area (Å²) in [6.45, 7) is 1.94. The molecule has 0 radical (unpaired) electrons. The van der Waals surface area contributed by atoms with Gasteiger partial charge >= 0.3 is 12.1 Å². The molecule has 174 valence electrons. The van der Waals surface area contributed by atoms with E-state index in [1.807, 2.05) is 36.4 Å². The highest BCUT2D eigenvalue weighted by Crippen LogP contribution is 2.44. The average molecular weight is 461 g/mol. The molecule has 10 nitrogen and oxygen atoms in total. The number of hydrogen-bond donors (Lipinski definition) is 3. The smallest absolute Gasteiger partial charge is 0.414 e. The highest BCUT2D eigenvalue weighted by atomic mass is 16.5. The van der Waals surface area contributed by atoms with E-state index in [1.165, 1.54) is 11.8 Å². The minimum absolute atomic E-state index is 0.0914. The lowest BCUT2D eigenvalue weighted by molar-refractivity contribution is -0.147. The highest BCUT2D eigenvalue weighted by molar-refractivity contribution is 5.96. The van der Waals surface area contributed by atoms with Crippen LogP contribution in [0.1, 0.15) is 47.4 Å². The normalized spacial score (nSPS) is 18.9. The number of carbonyl (C=O) groups excluding carboxylic acids is 2. The summed E-state index contributed by atoms with van der Waals surface area (Å²) >= 11 is 0. The molecule has 1 aromatic heterocycles. The summed E-state index contributed by atoms with van der Waals surface area (Å²) < 4.78 is 5.46. The molecule has 2 amide bonds. The zero-order valence-corrected chi connectivity index (χ0v) is 18.4. The number of H-pyrrole nitrogens is 1. The molecule has 0 spiro atoms.